The average Bonchev–Trinajstić information content (AvgIpc) is 3.59. The lowest BCUT2D eigenvalue weighted by molar-refractivity contribution is -0.126. The summed E-state index contributed by atoms with van der Waals surface area (Å²) in [5.41, 5.74) is 1.09. The molecule has 4 rings (SSSR count). The third-order valence-corrected chi connectivity index (χ3v) is 6.75. The highest BCUT2D eigenvalue weighted by Gasteiger charge is 2.33. The van der Waals surface area contributed by atoms with Gasteiger partial charge < -0.3 is 15.4 Å². The molecule has 35 heavy (non-hydrogen) atoms. The minimum absolute atomic E-state index is 0.0456. The van der Waals surface area contributed by atoms with Crippen LogP contribution in [0.15, 0.2) is 72.1 Å². The van der Waals surface area contributed by atoms with Crippen molar-refractivity contribution >= 4 is 46.3 Å². The highest BCUT2D eigenvalue weighted by molar-refractivity contribution is 7.12. The third kappa shape index (κ3) is 6.48. The number of carbonyl (C=O) groups excluding carboxylic acids is 3. The van der Waals surface area contributed by atoms with Gasteiger partial charge in [-0.3, -0.25) is 19.3 Å². The molecule has 0 spiro atoms. The van der Waals surface area contributed by atoms with E-state index >= 15 is 0 Å². The van der Waals surface area contributed by atoms with E-state index in [1.165, 1.54) is 16.2 Å². The van der Waals surface area contributed by atoms with Gasteiger partial charge in [-0.1, -0.05) is 54.1 Å². The Labute approximate surface area is 213 Å². The molecule has 0 radical (unpaired) electrons. The molecule has 3 aromatic rings. The van der Waals surface area contributed by atoms with Crippen LogP contribution in [0.3, 0.4) is 0 Å². The van der Waals surface area contributed by atoms with E-state index in [4.69, 9.17) is 16.3 Å². The van der Waals surface area contributed by atoms with Crippen molar-refractivity contribution in [2.24, 2.45) is 0 Å². The number of thiophene rings is 1. The normalized spacial score (nSPS) is 15.9. The van der Waals surface area contributed by atoms with E-state index in [1.54, 1.807) is 53.9 Å². The Hall–Kier alpha value is -3.20. The van der Waals surface area contributed by atoms with Crippen LogP contribution in [0.2, 0.25) is 5.02 Å². The van der Waals surface area contributed by atoms with E-state index in [1.807, 2.05) is 18.2 Å². The number of ether oxygens (including phenoxy) is 1. The van der Waals surface area contributed by atoms with Gasteiger partial charge in [0, 0.05) is 23.9 Å². The monoisotopic (exact) mass is 511 g/mol. The largest absolute Gasteiger partial charge is 0.376 e. The van der Waals surface area contributed by atoms with Crippen molar-refractivity contribution in [2.75, 3.05) is 24.6 Å². The molecule has 1 fully saturated rings. The summed E-state index contributed by atoms with van der Waals surface area (Å²) >= 11 is 7.53. The summed E-state index contributed by atoms with van der Waals surface area (Å²) in [4.78, 5) is 41.5. The van der Waals surface area contributed by atoms with Crippen molar-refractivity contribution < 1.29 is 19.1 Å². The fourth-order valence-corrected chi connectivity index (χ4v) is 4.79. The molecule has 0 aliphatic carbocycles. The van der Waals surface area contributed by atoms with Gasteiger partial charge in [0.2, 0.25) is 11.8 Å². The Kier molecular flexibility index (Phi) is 8.52. The first-order valence-corrected chi connectivity index (χ1v) is 12.6. The van der Waals surface area contributed by atoms with Gasteiger partial charge in [0.25, 0.3) is 5.91 Å². The van der Waals surface area contributed by atoms with Gasteiger partial charge in [-0.25, -0.2) is 0 Å². The average molecular weight is 512 g/mol. The maximum absolute atomic E-state index is 13.6. The highest BCUT2D eigenvalue weighted by Crippen LogP contribution is 2.30. The Bertz CT molecular complexity index is 1150. The smallest absolute Gasteiger partial charge is 0.261 e. The van der Waals surface area contributed by atoms with Gasteiger partial charge in [0.15, 0.2) is 0 Å². The number of benzene rings is 2. The van der Waals surface area contributed by atoms with E-state index in [2.05, 4.69) is 10.6 Å². The van der Waals surface area contributed by atoms with Crippen molar-refractivity contribution in [1.29, 1.82) is 0 Å². The summed E-state index contributed by atoms with van der Waals surface area (Å²) in [6, 6.07) is 18.3. The van der Waals surface area contributed by atoms with Crippen LogP contribution in [-0.2, 0) is 14.3 Å². The second-order valence-corrected chi connectivity index (χ2v) is 9.48. The number of halogens is 1. The summed E-state index contributed by atoms with van der Waals surface area (Å²) in [5, 5.41) is 7.84. The predicted octanol–water partition coefficient (Wildman–Crippen LogP) is 4.20. The standard InChI is InChI=1S/C26H26ClN3O4S/c27-19-9-4-10-20(15-19)30(23(31)17-29-25(32)22-12-6-14-35-22)24(18-7-2-1-3-8-18)26(33)28-16-21-11-5-13-34-21/h1-4,6-10,12,14-15,21,24H,5,11,13,16-17H2,(H,28,33)(H,29,32)/t21-,24+/m1/s1. The van der Waals surface area contributed by atoms with Gasteiger partial charge in [0.1, 0.15) is 6.04 Å². The van der Waals surface area contributed by atoms with E-state index in [0.717, 1.165) is 12.8 Å². The van der Waals surface area contributed by atoms with Crippen LogP contribution >= 0.6 is 22.9 Å². The summed E-state index contributed by atoms with van der Waals surface area (Å²) in [7, 11) is 0. The van der Waals surface area contributed by atoms with Crippen molar-refractivity contribution in [3.63, 3.8) is 0 Å². The molecule has 1 saturated heterocycles. The minimum atomic E-state index is -0.970. The van der Waals surface area contributed by atoms with E-state index in [9.17, 15) is 14.4 Å². The zero-order valence-corrected chi connectivity index (χ0v) is 20.6. The Balaban J connectivity index is 1.63. The van der Waals surface area contributed by atoms with Gasteiger partial charge in [0.05, 0.1) is 17.5 Å². The van der Waals surface area contributed by atoms with E-state index < -0.39 is 11.9 Å². The minimum Gasteiger partial charge on any atom is -0.376 e. The Morgan fingerprint density at radius 3 is 2.57 bits per heavy atom. The second-order valence-electron chi connectivity index (χ2n) is 8.10. The van der Waals surface area contributed by atoms with Crippen molar-refractivity contribution in [3.05, 3.63) is 87.6 Å². The van der Waals surface area contributed by atoms with Crippen molar-refractivity contribution in [1.82, 2.24) is 10.6 Å². The second kappa shape index (κ2) is 12.0. The maximum Gasteiger partial charge on any atom is 0.261 e. The molecule has 1 aliphatic heterocycles. The first-order valence-electron chi connectivity index (χ1n) is 11.4. The summed E-state index contributed by atoms with van der Waals surface area (Å²) in [5.74, 6) is -1.14. The van der Waals surface area contributed by atoms with Crippen LogP contribution in [0, 0.1) is 0 Å². The fourth-order valence-electron chi connectivity index (χ4n) is 3.97. The third-order valence-electron chi connectivity index (χ3n) is 5.65. The zero-order valence-electron chi connectivity index (χ0n) is 19.0. The predicted molar refractivity (Wildman–Crippen MR) is 137 cm³/mol. The molecule has 2 heterocycles. The lowest BCUT2D eigenvalue weighted by atomic mass is 10.0. The molecule has 1 aliphatic rings. The molecule has 0 saturated carbocycles. The molecule has 0 unspecified atom stereocenters. The molecule has 1 aromatic heterocycles. The van der Waals surface area contributed by atoms with Crippen LogP contribution in [0.1, 0.15) is 34.1 Å². The molecular formula is C26H26ClN3O4S. The fraction of sp³-hybridized carbons (Fsp3) is 0.269. The van der Waals surface area contributed by atoms with Crippen molar-refractivity contribution in [2.45, 2.75) is 25.0 Å². The molecular weight excluding hydrogens is 486 g/mol. The van der Waals surface area contributed by atoms with Crippen LogP contribution in [-0.4, -0.2) is 43.5 Å². The lowest BCUT2D eigenvalue weighted by Crippen LogP contribution is -2.48. The van der Waals surface area contributed by atoms with Crippen LogP contribution in [0.4, 0.5) is 5.69 Å². The molecule has 2 aromatic carbocycles. The number of hydrogen-bond acceptors (Lipinski definition) is 5. The number of anilines is 1. The number of carbonyl (C=O) groups is 3. The van der Waals surface area contributed by atoms with Crippen molar-refractivity contribution in [3.8, 4) is 0 Å². The lowest BCUT2D eigenvalue weighted by Gasteiger charge is -2.32. The number of rotatable bonds is 9. The van der Waals surface area contributed by atoms with E-state index in [-0.39, 0.29) is 24.5 Å². The number of nitrogens with zero attached hydrogens (tertiary/aromatic N) is 1. The summed E-state index contributed by atoms with van der Waals surface area (Å²) in [6.07, 6.45) is 1.79. The quantitative estimate of drug-likeness (QED) is 0.450. The molecule has 182 valence electrons. The molecule has 2 atom stereocenters. The van der Waals surface area contributed by atoms with Crippen LogP contribution in [0.25, 0.3) is 0 Å². The first kappa shape index (κ1) is 24.9. The van der Waals surface area contributed by atoms with Gasteiger partial charge in [-0.05, 0) is 48.1 Å². The highest BCUT2D eigenvalue weighted by atomic mass is 35.5. The summed E-state index contributed by atoms with van der Waals surface area (Å²) in [6.45, 7) is 0.750. The Morgan fingerprint density at radius 2 is 1.89 bits per heavy atom. The zero-order chi connectivity index (χ0) is 24.6. The first-order chi connectivity index (χ1) is 17.0. The maximum atomic E-state index is 13.6. The number of amides is 3. The topological polar surface area (TPSA) is 87.7 Å². The van der Waals surface area contributed by atoms with Gasteiger partial charge in [-0.2, -0.15) is 0 Å². The van der Waals surface area contributed by atoms with Crippen LogP contribution < -0.4 is 15.5 Å². The summed E-state index contributed by atoms with van der Waals surface area (Å²) < 4.78 is 5.64. The molecule has 3 amide bonds. The number of nitrogens with one attached hydrogen (secondary N) is 2. The Morgan fingerprint density at radius 1 is 1.06 bits per heavy atom. The molecule has 0 bridgehead atoms. The molecule has 9 heteroatoms. The van der Waals surface area contributed by atoms with Crippen LogP contribution in [0.5, 0.6) is 0 Å². The SMILES string of the molecule is O=C(NCC(=O)N(c1cccc(Cl)c1)[C@H](C(=O)NC[C@H]1CCCO1)c1ccccc1)c1cccs1. The van der Waals surface area contributed by atoms with Gasteiger partial charge in [-0.15, -0.1) is 11.3 Å². The van der Waals surface area contributed by atoms with E-state index in [0.29, 0.717) is 34.3 Å². The van der Waals surface area contributed by atoms with Gasteiger partial charge >= 0.3 is 0 Å². The molecule has 7 nitrogen and oxygen atoms in total. The molecule has 2 N–H and O–H groups in total. The number of hydrogen-bond donors (Lipinski definition) is 2.